The third kappa shape index (κ3) is 3.31. The Morgan fingerprint density at radius 2 is 1.89 bits per heavy atom. The zero-order valence-corrected chi connectivity index (χ0v) is 15.1. The first-order valence-corrected chi connectivity index (χ1v) is 8.90. The number of fused-ring (bicyclic) bond motifs is 1. The van der Waals surface area contributed by atoms with Gasteiger partial charge >= 0.3 is 0 Å². The molecular formula is C20H16ClN3O3. The Morgan fingerprint density at radius 3 is 2.63 bits per heavy atom. The van der Waals surface area contributed by atoms with Gasteiger partial charge < -0.3 is 9.30 Å². The van der Waals surface area contributed by atoms with Crippen molar-refractivity contribution >= 4 is 40.0 Å². The van der Waals surface area contributed by atoms with Crippen molar-refractivity contribution in [1.29, 1.82) is 0 Å². The second kappa shape index (κ2) is 7.25. The zero-order valence-electron chi connectivity index (χ0n) is 14.3. The first-order valence-electron chi connectivity index (χ1n) is 8.52. The topological polar surface area (TPSA) is 73.2 Å². The van der Waals surface area contributed by atoms with Crippen LogP contribution in [0.5, 0.6) is 5.75 Å². The largest absolute Gasteiger partial charge is 0.494 e. The summed E-state index contributed by atoms with van der Waals surface area (Å²) in [6.45, 7) is 1.20. The normalized spacial score (nSPS) is 14.1. The standard InChI is InChI=1S/C20H16ClN3O3/c21-17-16(19(25)23-20(17)26)15-12-24(18-14(15)8-4-9-22-18)10-5-11-27-13-6-2-1-3-7-13/h1-4,6-9,12H,5,10-11H2,(H,23,25,26). The van der Waals surface area contributed by atoms with Crippen LogP contribution >= 0.6 is 11.6 Å². The summed E-state index contributed by atoms with van der Waals surface area (Å²) in [6, 6.07) is 13.3. The monoisotopic (exact) mass is 381 g/mol. The summed E-state index contributed by atoms with van der Waals surface area (Å²) < 4.78 is 7.67. The molecule has 0 bridgehead atoms. The van der Waals surface area contributed by atoms with Crippen molar-refractivity contribution in [2.75, 3.05) is 6.61 Å². The molecule has 3 heterocycles. The van der Waals surface area contributed by atoms with E-state index in [0.29, 0.717) is 18.7 Å². The highest BCUT2D eigenvalue weighted by atomic mass is 35.5. The Morgan fingerprint density at radius 1 is 1.07 bits per heavy atom. The van der Waals surface area contributed by atoms with Gasteiger partial charge in [0.15, 0.2) is 0 Å². The molecule has 0 saturated heterocycles. The Labute approximate surface area is 160 Å². The van der Waals surface area contributed by atoms with Gasteiger partial charge in [-0.25, -0.2) is 4.98 Å². The van der Waals surface area contributed by atoms with Crippen molar-refractivity contribution in [3.63, 3.8) is 0 Å². The van der Waals surface area contributed by atoms with Gasteiger partial charge in [-0.05, 0) is 30.7 Å². The van der Waals surface area contributed by atoms with Crippen molar-refractivity contribution in [2.24, 2.45) is 0 Å². The molecular weight excluding hydrogens is 366 g/mol. The summed E-state index contributed by atoms with van der Waals surface area (Å²) in [5, 5.41) is 2.92. The number of hydrogen-bond acceptors (Lipinski definition) is 4. The fourth-order valence-corrected chi connectivity index (χ4v) is 3.34. The van der Waals surface area contributed by atoms with E-state index in [1.807, 2.05) is 47.2 Å². The van der Waals surface area contributed by atoms with E-state index in [2.05, 4.69) is 10.3 Å². The summed E-state index contributed by atoms with van der Waals surface area (Å²) in [4.78, 5) is 28.3. The van der Waals surface area contributed by atoms with Gasteiger partial charge in [0.2, 0.25) is 0 Å². The quantitative estimate of drug-likeness (QED) is 0.526. The minimum atomic E-state index is -0.572. The van der Waals surface area contributed by atoms with E-state index >= 15 is 0 Å². The second-order valence-corrected chi connectivity index (χ2v) is 6.48. The summed E-state index contributed by atoms with van der Waals surface area (Å²) in [7, 11) is 0. The smallest absolute Gasteiger partial charge is 0.270 e. The van der Waals surface area contributed by atoms with Crippen LogP contribution in [0.3, 0.4) is 0 Å². The second-order valence-electron chi connectivity index (χ2n) is 6.10. The van der Waals surface area contributed by atoms with E-state index in [9.17, 15) is 9.59 Å². The highest BCUT2D eigenvalue weighted by molar-refractivity contribution is 6.55. The van der Waals surface area contributed by atoms with Gasteiger partial charge in [0.25, 0.3) is 11.8 Å². The number of ether oxygens (including phenoxy) is 1. The molecule has 27 heavy (non-hydrogen) atoms. The fraction of sp³-hybridized carbons (Fsp3) is 0.150. The van der Waals surface area contributed by atoms with Crippen LogP contribution in [0.2, 0.25) is 0 Å². The summed E-state index contributed by atoms with van der Waals surface area (Å²) >= 11 is 6.06. The molecule has 136 valence electrons. The van der Waals surface area contributed by atoms with E-state index in [1.165, 1.54) is 0 Å². The van der Waals surface area contributed by atoms with Crippen LogP contribution in [0.25, 0.3) is 16.6 Å². The number of amides is 2. The number of nitrogens with zero attached hydrogens (tertiary/aromatic N) is 2. The van der Waals surface area contributed by atoms with Gasteiger partial charge in [-0.3, -0.25) is 14.9 Å². The average molecular weight is 382 g/mol. The number of imide groups is 1. The lowest BCUT2D eigenvalue weighted by atomic mass is 10.1. The van der Waals surface area contributed by atoms with E-state index < -0.39 is 11.8 Å². The summed E-state index contributed by atoms with van der Waals surface area (Å²) in [5.41, 5.74) is 1.53. The molecule has 0 unspecified atom stereocenters. The maximum atomic E-state index is 12.1. The van der Waals surface area contributed by atoms with Crippen molar-refractivity contribution < 1.29 is 14.3 Å². The molecule has 1 aliphatic rings. The van der Waals surface area contributed by atoms with Crippen LogP contribution in [-0.2, 0) is 16.1 Å². The van der Waals surface area contributed by atoms with Gasteiger partial charge in [-0.2, -0.15) is 0 Å². The SMILES string of the molecule is O=C1NC(=O)C(c2cn(CCCOc3ccccc3)c3ncccc23)=C1Cl. The number of halogens is 1. The minimum Gasteiger partial charge on any atom is -0.494 e. The molecule has 2 amide bonds. The van der Waals surface area contributed by atoms with Gasteiger partial charge in [-0.1, -0.05) is 29.8 Å². The Bertz CT molecular complexity index is 1060. The number of carbonyl (C=O) groups is 2. The molecule has 0 saturated carbocycles. The highest BCUT2D eigenvalue weighted by Gasteiger charge is 2.32. The van der Waals surface area contributed by atoms with Gasteiger partial charge in [0.05, 0.1) is 12.2 Å². The molecule has 1 N–H and O–H groups in total. The van der Waals surface area contributed by atoms with Gasteiger partial charge in [0.1, 0.15) is 16.4 Å². The van der Waals surface area contributed by atoms with E-state index in [1.54, 1.807) is 12.3 Å². The molecule has 1 aliphatic heterocycles. The molecule has 0 spiro atoms. The number of pyridine rings is 1. The van der Waals surface area contributed by atoms with E-state index in [0.717, 1.165) is 23.2 Å². The van der Waals surface area contributed by atoms with Crippen molar-refractivity contribution in [3.05, 3.63) is 65.5 Å². The van der Waals surface area contributed by atoms with Crippen LogP contribution in [0, 0.1) is 0 Å². The lowest BCUT2D eigenvalue weighted by Crippen LogP contribution is -2.22. The predicted molar refractivity (Wildman–Crippen MR) is 102 cm³/mol. The lowest BCUT2D eigenvalue weighted by Gasteiger charge is -2.07. The first kappa shape index (κ1) is 17.3. The number of aromatic nitrogens is 2. The van der Waals surface area contributed by atoms with Gasteiger partial charge in [-0.15, -0.1) is 0 Å². The molecule has 0 atom stereocenters. The average Bonchev–Trinajstić information content (AvgIpc) is 3.16. The third-order valence-corrected chi connectivity index (χ3v) is 4.69. The predicted octanol–water partition coefficient (Wildman–Crippen LogP) is 3.11. The van der Waals surface area contributed by atoms with Crippen LogP contribution in [-0.4, -0.2) is 28.0 Å². The molecule has 1 aromatic carbocycles. The summed E-state index contributed by atoms with van der Waals surface area (Å²) in [6.07, 6.45) is 4.27. The molecule has 2 aromatic heterocycles. The Hall–Kier alpha value is -3.12. The number of aryl methyl sites for hydroxylation is 1. The summed E-state index contributed by atoms with van der Waals surface area (Å²) in [5.74, 6) is -0.232. The number of nitrogens with one attached hydrogen (secondary N) is 1. The van der Waals surface area contributed by atoms with Crippen LogP contribution in [0.1, 0.15) is 12.0 Å². The number of para-hydroxylation sites is 1. The Balaban J connectivity index is 1.57. The first-order chi connectivity index (χ1) is 13.1. The number of benzene rings is 1. The molecule has 3 aromatic rings. The number of rotatable bonds is 6. The van der Waals surface area contributed by atoms with Gasteiger partial charge in [0, 0.05) is 29.9 Å². The number of hydrogen-bond donors (Lipinski definition) is 1. The van der Waals surface area contributed by atoms with Crippen molar-refractivity contribution in [3.8, 4) is 5.75 Å². The lowest BCUT2D eigenvalue weighted by molar-refractivity contribution is -0.123. The minimum absolute atomic E-state index is 0.0877. The molecule has 0 radical (unpaired) electrons. The molecule has 6 nitrogen and oxygen atoms in total. The molecule has 0 aliphatic carbocycles. The van der Waals surface area contributed by atoms with Crippen LogP contribution in [0.15, 0.2) is 59.9 Å². The molecule has 4 rings (SSSR count). The molecule has 0 fully saturated rings. The maximum absolute atomic E-state index is 12.1. The zero-order chi connectivity index (χ0) is 18.8. The third-order valence-electron chi connectivity index (χ3n) is 4.33. The van der Waals surface area contributed by atoms with Crippen molar-refractivity contribution in [1.82, 2.24) is 14.9 Å². The highest BCUT2D eigenvalue weighted by Crippen LogP contribution is 2.32. The van der Waals surface area contributed by atoms with Crippen LogP contribution < -0.4 is 10.1 Å². The fourth-order valence-electron chi connectivity index (χ4n) is 3.11. The van der Waals surface area contributed by atoms with E-state index in [4.69, 9.17) is 16.3 Å². The number of carbonyl (C=O) groups excluding carboxylic acids is 2. The van der Waals surface area contributed by atoms with Crippen LogP contribution in [0.4, 0.5) is 0 Å². The van der Waals surface area contributed by atoms with Crippen molar-refractivity contribution in [2.45, 2.75) is 13.0 Å². The van der Waals surface area contributed by atoms with E-state index in [-0.39, 0.29) is 10.6 Å². The molecule has 7 heteroatoms. The maximum Gasteiger partial charge on any atom is 0.270 e. The Kier molecular flexibility index (Phi) is 4.64.